The normalized spacial score (nSPS) is 12.9. The molecule has 1 heterocycles. The summed E-state index contributed by atoms with van der Waals surface area (Å²) in [5.41, 5.74) is 2.96. The highest BCUT2D eigenvalue weighted by molar-refractivity contribution is 9.10. The second kappa shape index (κ2) is 5.88. The van der Waals surface area contributed by atoms with Crippen LogP contribution in [0.5, 0.6) is 0 Å². The number of aliphatic hydroxyl groups excluding tert-OH is 1. The second-order valence-electron chi connectivity index (χ2n) is 4.91. The summed E-state index contributed by atoms with van der Waals surface area (Å²) in [7, 11) is 0. The molecule has 0 spiro atoms. The summed E-state index contributed by atoms with van der Waals surface area (Å²) in [6, 6.07) is 8.29. The van der Waals surface area contributed by atoms with E-state index in [4.69, 9.17) is 0 Å². The molecule has 0 aliphatic carbocycles. The van der Waals surface area contributed by atoms with E-state index in [0.29, 0.717) is 0 Å². The molecule has 19 heavy (non-hydrogen) atoms. The van der Waals surface area contributed by atoms with E-state index in [9.17, 15) is 5.11 Å². The first-order valence-electron chi connectivity index (χ1n) is 6.54. The van der Waals surface area contributed by atoms with Gasteiger partial charge in [-0.25, -0.2) is 0 Å². The highest BCUT2D eigenvalue weighted by atomic mass is 79.9. The molecule has 0 bridgehead atoms. The van der Waals surface area contributed by atoms with Gasteiger partial charge in [0.15, 0.2) is 0 Å². The Balaban J connectivity index is 2.37. The Morgan fingerprint density at radius 2 is 1.89 bits per heavy atom. The van der Waals surface area contributed by atoms with Gasteiger partial charge >= 0.3 is 0 Å². The van der Waals surface area contributed by atoms with Crippen LogP contribution in [-0.2, 0) is 6.42 Å². The number of rotatable bonds is 4. The average molecular weight is 323 g/mol. The molecule has 1 unspecified atom stereocenters. The van der Waals surface area contributed by atoms with Gasteiger partial charge in [0.1, 0.15) is 6.10 Å². The molecule has 0 fully saturated rings. The maximum atomic E-state index is 10.6. The molecule has 102 valence electrons. The highest BCUT2D eigenvalue weighted by Gasteiger charge is 2.20. The Labute approximate surface area is 122 Å². The number of hydrogen-bond donors (Lipinski definition) is 1. The minimum atomic E-state index is -0.662. The molecule has 1 atom stereocenters. The van der Waals surface area contributed by atoms with Gasteiger partial charge in [-0.05, 0) is 47.3 Å². The number of aryl methyl sites for hydroxylation is 1. The van der Waals surface area contributed by atoms with Crippen molar-refractivity contribution in [2.45, 2.75) is 39.3 Å². The van der Waals surface area contributed by atoms with Gasteiger partial charge in [0.2, 0.25) is 0 Å². The van der Waals surface area contributed by atoms with Crippen LogP contribution in [0.3, 0.4) is 0 Å². The molecular formula is C15H19BrN2O. The zero-order chi connectivity index (χ0) is 14.0. The van der Waals surface area contributed by atoms with Crippen LogP contribution in [0.2, 0.25) is 0 Å². The van der Waals surface area contributed by atoms with Crippen molar-refractivity contribution >= 4 is 15.9 Å². The summed E-state index contributed by atoms with van der Waals surface area (Å²) < 4.78 is 2.69. The van der Waals surface area contributed by atoms with E-state index >= 15 is 0 Å². The first-order chi connectivity index (χ1) is 9.04. The smallest absolute Gasteiger partial charge is 0.122 e. The van der Waals surface area contributed by atoms with E-state index in [1.54, 1.807) is 6.20 Å². The van der Waals surface area contributed by atoms with Crippen molar-refractivity contribution in [3.05, 3.63) is 51.8 Å². The van der Waals surface area contributed by atoms with E-state index in [-0.39, 0.29) is 6.04 Å². The molecule has 1 aromatic heterocycles. The van der Waals surface area contributed by atoms with E-state index < -0.39 is 6.10 Å². The number of halogens is 1. The number of hydrogen-bond acceptors (Lipinski definition) is 2. The van der Waals surface area contributed by atoms with Crippen LogP contribution in [0.25, 0.3) is 0 Å². The third-order valence-corrected chi connectivity index (χ3v) is 3.85. The molecule has 3 nitrogen and oxygen atoms in total. The van der Waals surface area contributed by atoms with Crippen LogP contribution < -0.4 is 0 Å². The lowest BCUT2D eigenvalue weighted by Gasteiger charge is -2.17. The lowest BCUT2D eigenvalue weighted by molar-refractivity contribution is 0.204. The predicted octanol–water partition coefficient (Wildman–Crippen LogP) is 3.87. The summed E-state index contributed by atoms with van der Waals surface area (Å²) in [6.07, 6.45) is 2.08. The monoisotopic (exact) mass is 322 g/mol. The predicted molar refractivity (Wildman–Crippen MR) is 80.2 cm³/mol. The third-order valence-electron chi connectivity index (χ3n) is 3.24. The number of benzene rings is 1. The molecule has 0 aliphatic heterocycles. The fourth-order valence-electron chi connectivity index (χ4n) is 2.11. The first kappa shape index (κ1) is 14.3. The van der Waals surface area contributed by atoms with E-state index in [1.807, 2.05) is 16.8 Å². The molecule has 0 saturated carbocycles. The molecule has 1 N–H and O–H groups in total. The van der Waals surface area contributed by atoms with Crippen molar-refractivity contribution in [3.8, 4) is 0 Å². The van der Waals surface area contributed by atoms with Crippen LogP contribution in [0.4, 0.5) is 0 Å². The van der Waals surface area contributed by atoms with E-state index in [1.165, 1.54) is 5.56 Å². The van der Waals surface area contributed by atoms with Crippen LogP contribution >= 0.6 is 15.9 Å². The fourth-order valence-corrected chi connectivity index (χ4v) is 2.60. The second-order valence-corrected chi connectivity index (χ2v) is 5.77. The van der Waals surface area contributed by atoms with Crippen LogP contribution in [0.1, 0.15) is 49.7 Å². The van der Waals surface area contributed by atoms with E-state index in [2.05, 4.69) is 53.9 Å². The SMILES string of the molecule is CCc1ccc(C(O)c2c(Br)cnn2C(C)C)cc1. The van der Waals surface area contributed by atoms with Gasteiger partial charge in [0, 0.05) is 6.04 Å². The zero-order valence-electron chi connectivity index (χ0n) is 11.5. The fraction of sp³-hybridized carbons (Fsp3) is 0.400. The minimum absolute atomic E-state index is 0.214. The maximum absolute atomic E-state index is 10.6. The lowest BCUT2D eigenvalue weighted by Crippen LogP contribution is -2.12. The maximum Gasteiger partial charge on any atom is 0.122 e. The van der Waals surface area contributed by atoms with Gasteiger partial charge in [-0.2, -0.15) is 5.10 Å². The van der Waals surface area contributed by atoms with Gasteiger partial charge in [0.25, 0.3) is 0 Å². The molecular weight excluding hydrogens is 304 g/mol. The summed E-state index contributed by atoms with van der Waals surface area (Å²) in [6.45, 7) is 6.22. The summed E-state index contributed by atoms with van der Waals surface area (Å²) >= 11 is 3.47. The number of aliphatic hydroxyl groups is 1. The third kappa shape index (κ3) is 2.90. The van der Waals surface area contributed by atoms with Gasteiger partial charge in [-0.3, -0.25) is 4.68 Å². The average Bonchev–Trinajstić information content (AvgIpc) is 2.80. The lowest BCUT2D eigenvalue weighted by atomic mass is 10.0. The van der Waals surface area contributed by atoms with Crippen LogP contribution in [0, 0.1) is 0 Å². The van der Waals surface area contributed by atoms with Crippen molar-refractivity contribution < 1.29 is 5.11 Å². The summed E-state index contributed by atoms with van der Waals surface area (Å²) in [5, 5.41) is 14.9. The standard InChI is InChI=1S/C15H19BrN2O/c1-4-11-5-7-12(8-6-11)15(19)14-13(16)9-17-18(14)10(2)3/h5-10,15,19H,4H2,1-3H3. The largest absolute Gasteiger partial charge is 0.382 e. The molecule has 0 amide bonds. The Morgan fingerprint density at radius 1 is 1.26 bits per heavy atom. The van der Waals surface area contributed by atoms with Gasteiger partial charge in [0.05, 0.1) is 16.4 Å². The van der Waals surface area contributed by atoms with Crippen LogP contribution in [0.15, 0.2) is 34.9 Å². The van der Waals surface area contributed by atoms with Crippen molar-refractivity contribution in [2.24, 2.45) is 0 Å². The summed E-state index contributed by atoms with van der Waals surface area (Å²) in [5.74, 6) is 0. The van der Waals surface area contributed by atoms with Gasteiger partial charge < -0.3 is 5.11 Å². The molecule has 0 saturated heterocycles. The topological polar surface area (TPSA) is 38.1 Å². The Hall–Kier alpha value is -1.13. The molecule has 0 radical (unpaired) electrons. The molecule has 2 rings (SSSR count). The van der Waals surface area contributed by atoms with Gasteiger partial charge in [-0.1, -0.05) is 31.2 Å². The molecule has 1 aromatic carbocycles. The molecule has 0 aliphatic rings. The number of aromatic nitrogens is 2. The van der Waals surface area contributed by atoms with Crippen molar-refractivity contribution in [1.29, 1.82) is 0 Å². The van der Waals surface area contributed by atoms with Crippen molar-refractivity contribution in [3.63, 3.8) is 0 Å². The first-order valence-corrected chi connectivity index (χ1v) is 7.33. The highest BCUT2D eigenvalue weighted by Crippen LogP contribution is 2.30. The quantitative estimate of drug-likeness (QED) is 0.927. The zero-order valence-corrected chi connectivity index (χ0v) is 13.1. The van der Waals surface area contributed by atoms with Gasteiger partial charge in [-0.15, -0.1) is 0 Å². The Morgan fingerprint density at radius 3 is 2.42 bits per heavy atom. The molecule has 2 aromatic rings. The van der Waals surface area contributed by atoms with Crippen LogP contribution in [-0.4, -0.2) is 14.9 Å². The Kier molecular flexibility index (Phi) is 4.42. The molecule has 4 heteroatoms. The van der Waals surface area contributed by atoms with Crippen molar-refractivity contribution in [1.82, 2.24) is 9.78 Å². The Bertz CT molecular complexity index is 546. The number of nitrogens with zero attached hydrogens (tertiary/aromatic N) is 2. The summed E-state index contributed by atoms with van der Waals surface area (Å²) in [4.78, 5) is 0. The van der Waals surface area contributed by atoms with E-state index in [0.717, 1.165) is 22.2 Å². The van der Waals surface area contributed by atoms with Crippen molar-refractivity contribution in [2.75, 3.05) is 0 Å². The minimum Gasteiger partial charge on any atom is -0.382 e.